The van der Waals surface area contributed by atoms with Gasteiger partial charge in [-0.05, 0) is 64.9 Å². The fraction of sp³-hybridized carbons (Fsp3) is 0.192. The largest absolute Gasteiger partial charge is 0.497 e. The molecule has 4 rings (SSSR count). The number of nitrogens with one attached hydrogen (secondary N) is 3. The van der Waals surface area contributed by atoms with E-state index in [1.807, 2.05) is 13.0 Å². The minimum Gasteiger partial charge on any atom is -0.497 e. The first-order chi connectivity index (χ1) is 18.4. The Kier molecular flexibility index (Phi) is 8.30. The number of methoxy groups -OCH3 is 1. The predicted molar refractivity (Wildman–Crippen MR) is 144 cm³/mol. The van der Waals surface area contributed by atoms with Crippen LogP contribution < -0.4 is 25.7 Å². The quantitative estimate of drug-likeness (QED) is 0.209. The van der Waals surface area contributed by atoms with Gasteiger partial charge in [0.25, 0.3) is 5.91 Å². The summed E-state index contributed by atoms with van der Waals surface area (Å²) in [5.41, 5.74) is 1.31. The summed E-state index contributed by atoms with van der Waals surface area (Å²) in [5, 5.41) is 17.7. The van der Waals surface area contributed by atoms with Gasteiger partial charge in [-0.25, -0.2) is 4.79 Å². The zero-order valence-corrected chi connectivity index (χ0v) is 22.4. The molecule has 0 saturated carbocycles. The lowest BCUT2D eigenvalue weighted by atomic mass is 10.1. The zero-order chi connectivity index (χ0) is 27.2. The zero-order valence-electron chi connectivity index (χ0n) is 20.7. The number of aromatic amines is 1. The van der Waals surface area contributed by atoms with E-state index in [2.05, 4.69) is 22.0 Å². The van der Waals surface area contributed by atoms with Crippen molar-refractivity contribution in [3.8, 4) is 17.5 Å². The van der Waals surface area contributed by atoms with Crippen LogP contribution in [-0.4, -0.2) is 29.4 Å². The van der Waals surface area contributed by atoms with E-state index in [4.69, 9.17) is 9.26 Å². The molecule has 0 aliphatic rings. The van der Waals surface area contributed by atoms with Gasteiger partial charge in [0.2, 0.25) is 11.6 Å². The number of aromatic nitrogens is 2. The van der Waals surface area contributed by atoms with Gasteiger partial charge in [0.05, 0.1) is 22.8 Å². The first kappa shape index (κ1) is 26.7. The van der Waals surface area contributed by atoms with Gasteiger partial charge in [-0.15, -0.1) is 11.3 Å². The van der Waals surface area contributed by atoms with E-state index in [0.717, 1.165) is 23.1 Å². The number of anilines is 2. The smallest absolute Gasteiger partial charge is 0.442 e. The molecule has 2 aromatic heterocycles. The number of hydrogen-bond donors (Lipinski definition) is 3. The molecule has 0 spiro atoms. The molecule has 2 amide bonds. The molecule has 12 heteroatoms. The molecule has 3 N–H and O–H groups in total. The third-order valence-electron chi connectivity index (χ3n) is 5.59. The number of carbonyl (C=O) groups excluding carboxylic acids is 2. The maximum absolute atomic E-state index is 13.3. The molecule has 0 fully saturated rings. The van der Waals surface area contributed by atoms with Crippen LogP contribution in [0.4, 0.5) is 10.7 Å². The summed E-state index contributed by atoms with van der Waals surface area (Å²) in [6.07, 6.45) is 0.386. The first-order valence-electron chi connectivity index (χ1n) is 11.5. The molecule has 0 aliphatic carbocycles. The van der Waals surface area contributed by atoms with Crippen LogP contribution in [0.2, 0.25) is 0 Å². The monoisotopic (exact) mass is 550 g/mol. The van der Waals surface area contributed by atoms with Gasteiger partial charge < -0.3 is 15.4 Å². The fourth-order valence-corrected chi connectivity index (χ4v) is 5.62. The SMILES string of the molecule is CCC(Sc1c(=O)o[nH][n+]1-c1ccc(OC)cc1)C(=O)Nc1sc(C(=O)Nc2ccccc2)c(C)c1C#N. The molecular weight excluding hydrogens is 526 g/mol. The second-order valence-electron chi connectivity index (χ2n) is 8.02. The third-order valence-corrected chi connectivity index (χ3v) is 8.20. The Balaban J connectivity index is 1.55. The number of ether oxygens (including phenoxy) is 1. The van der Waals surface area contributed by atoms with Crippen LogP contribution in [0.5, 0.6) is 5.75 Å². The van der Waals surface area contributed by atoms with E-state index >= 15 is 0 Å². The Labute approximate surface area is 226 Å². The van der Waals surface area contributed by atoms with Crippen LogP contribution in [0.25, 0.3) is 5.69 Å². The Hall–Kier alpha value is -4.34. The number of thioether (sulfide) groups is 1. The number of amides is 2. The van der Waals surface area contributed by atoms with E-state index in [1.54, 1.807) is 62.6 Å². The van der Waals surface area contributed by atoms with Gasteiger partial charge in [0.1, 0.15) is 16.8 Å². The Bertz CT molecular complexity index is 1550. The number of carbonyl (C=O) groups is 2. The van der Waals surface area contributed by atoms with Crippen LogP contribution in [0.1, 0.15) is 34.1 Å². The lowest BCUT2D eigenvalue weighted by Gasteiger charge is -2.11. The summed E-state index contributed by atoms with van der Waals surface area (Å²) >= 11 is 2.07. The molecular formula is C26H24N5O5S2+. The number of rotatable bonds is 9. The summed E-state index contributed by atoms with van der Waals surface area (Å²) in [6, 6.07) is 18.0. The molecule has 0 aliphatic heterocycles. The molecule has 194 valence electrons. The van der Waals surface area contributed by atoms with Gasteiger partial charge in [0.15, 0.2) is 0 Å². The number of hydrogen-bond acceptors (Lipinski definition) is 8. The number of nitrogens with zero attached hydrogens (tertiary/aromatic N) is 2. The van der Waals surface area contributed by atoms with Crippen molar-refractivity contribution in [2.75, 3.05) is 17.7 Å². The summed E-state index contributed by atoms with van der Waals surface area (Å²) < 4.78 is 11.6. The highest BCUT2D eigenvalue weighted by molar-refractivity contribution is 8.00. The van der Waals surface area contributed by atoms with Crippen LogP contribution in [0, 0.1) is 18.3 Å². The average molecular weight is 551 g/mol. The Morgan fingerprint density at radius 1 is 1.18 bits per heavy atom. The fourth-order valence-electron chi connectivity index (χ4n) is 3.58. The van der Waals surface area contributed by atoms with E-state index in [0.29, 0.717) is 34.0 Å². The Morgan fingerprint density at radius 3 is 2.53 bits per heavy atom. The van der Waals surface area contributed by atoms with E-state index in [9.17, 15) is 19.6 Å². The minimum absolute atomic E-state index is 0.183. The van der Waals surface area contributed by atoms with Crippen molar-refractivity contribution in [3.63, 3.8) is 0 Å². The molecule has 0 saturated heterocycles. The van der Waals surface area contributed by atoms with Crippen LogP contribution >= 0.6 is 23.1 Å². The van der Waals surface area contributed by atoms with Crippen LogP contribution in [0.3, 0.4) is 0 Å². The van der Waals surface area contributed by atoms with Gasteiger partial charge >= 0.3 is 10.7 Å². The number of para-hydroxylation sites is 1. The average Bonchev–Trinajstić information content (AvgIpc) is 3.45. The van der Waals surface area contributed by atoms with Crippen molar-refractivity contribution >= 4 is 45.6 Å². The number of thiophene rings is 1. The molecule has 10 nitrogen and oxygen atoms in total. The topological polar surface area (TPSA) is 141 Å². The van der Waals surface area contributed by atoms with Gasteiger partial charge in [-0.3, -0.25) is 14.1 Å². The van der Waals surface area contributed by atoms with Gasteiger partial charge in [-0.2, -0.15) is 5.26 Å². The molecule has 2 aromatic carbocycles. The van der Waals surface area contributed by atoms with Crippen molar-refractivity contribution < 1.29 is 23.5 Å². The molecule has 0 bridgehead atoms. The molecule has 1 unspecified atom stereocenters. The van der Waals surface area contributed by atoms with Crippen molar-refractivity contribution in [3.05, 3.63) is 81.0 Å². The number of benzene rings is 2. The second kappa shape index (κ2) is 11.8. The highest BCUT2D eigenvalue weighted by Crippen LogP contribution is 2.34. The summed E-state index contributed by atoms with van der Waals surface area (Å²) in [5.74, 6) is -0.133. The molecule has 0 radical (unpaired) electrons. The predicted octanol–water partition coefficient (Wildman–Crippen LogP) is 4.26. The van der Waals surface area contributed by atoms with E-state index < -0.39 is 16.8 Å². The van der Waals surface area contributed by atoms with Crippen LogP contribution in [-0.2, 0) is 4.79 Å². The Morgan fingerprint density at radius 2 is 1.89 bits per heavy atom. The number of H-pyrrole nitrogens is 1. The van der Waals surface area contributed by atoms with Gasteiger partial charge in [0, 0.05) is 17.8 Å². The maximum Gasteiger partial charge on any atom is 0.442 e. The highest BCUT2D eigenvalue weighted by Gasteiger charge is 2.31. The first-order valence-corrected chi connectivity index (χ1v) is 13.2. The molecule has 2 heterocycles. The molecule has 1 atom stereocenters. The van der Waals surface area contributed by atoms with Gasteiger partial charge in [-0.1, -0.05) is 25.1 Å². The number of nitriles is 1. The summed E-state index contributed by atoms with van der Waals surface area (Å²) in [4.78, 5) is 38.9. The van der Waals surface area contributed by atoms with E-state index in [1.165, 1.54) is 4.68 Å². The summed E-state index contributed by atoms with van der Waals surface area (Å²) in [6.45, 7) is 3.48. The van der Waals surface area contributed by atoms with E-state index in [-0.39, 0.29) is 21.5 Å². The second-order valence-corrected chi connectivity index (χ2v) is 10.2. The lowest BCUT2D eigenvalue weighted by molar-refractivity contribution is -0.704. The highest BCUT2D eigenvalue weighted by atomic mass is 32.2. The lowest BCUT2D eigenvalue weighted by Crippen LogP contribution is -2.37. The van der Waals surface area contributed by atoms with Crippen molar-refractivity contribution in [2.24, 2.45) is 0 Å². The van der Waals surface area contributed by atoms with Crippen molar-refractivity contribution in [1.29, 1.82) is 5.26 Å². The molecule has 38 heavy (non-hydrogen) atoms. The summed E-state index contributed by atoms with van der Waals surface area (Å²) in [7, 11) is 1.55. The van der Waals surface area contributed by atoms with Crippen molar-refractivity contribution in [2.45, 2.75) is 30.5 Å². The third kappa shape index (κ3) is 5.64. The van der Waals surface area contributed by atoms with Crippen LogP contribution in [0.15, 0.2) is 68.9 Å². The standard InChI is InChI=1S/C26H23N5O5S2/c1-4-20(37-25-26(34)36-30-31(25)17-10-12-18(35-3)13-11-17)22(32)29-24-19(14-27)15(2)21(38-24)23(33)28-16-8-6-5-7-9-16/h5-13,20H,4H2,1-3H3,(H2-,28,29,30,32,33,34)/p+1. The molecule has 4 aromatic rings. The normalized spacial score (nSPS) is 11.4. The minimum atomic E-state index is -0.686. The van der Waals surface area contributed by atoms with Crippen molar-refractivity contribution in [1.82, 2.24) is 5.27 Å². The maximum atomic E-state index is 13.3.